The Morgan fingerprint density at radius 3 is 2.76 bits per heavy atom. The van der Waals surface area contributed by atoms with E-state index in [0.717, 1.165) is 11.3 Å². The number of ether oxygens (including phenoxy) is 2. The van der Waals surface area contributed by atoms with Crippen molar-refractivity contribution in [1.29, 1.82) is 0 Å². The molecule has 0 saturated carbocycles. The average molecular weight is 334 g/mol. The second-order valence-corrected chi connectivity index (χ2v) is 6.09. The van der Waals surface area contributed by atoms with Crippen LogP contribution in [0.4, 0.5) is 0 Å². The molecule has 0 amide bonds. The van der Waals surface area contributed by atoms with Crippen LogP contribution in [-0.4, -0.2) is 22.3 Å². The number of benzene rings is 2. The summed E-state index contributed by atoms with van der Waals surface area (Å²) < 4.78 is 13.3. The van der Waals surface area contributed by atoms with Crippen molar-refractivity contribution >= 4 is 0 Å². The second kappa shape index (κ2) is 6.43. The monoisotopic (exact) mass is 334 g/mol. The zero-order chi connectivity index (χ0) is 17.2. The van der Waals surface area contributed by atoms with Crippen LogP contribution in [0.2, 0.25) is 0 Å². The summed E-state index contributed by atoms with van der Waals surface area (Å²) in [5, 5.41) is 0. The van der Waals surface area contributed by atoms with E-state index < -0.39 is 0 Å². The highest BCUT2D eigenvalue weighted by Gasteiger charge is 2.23. The summed E-state index contributed by atoms with van der Waals surface area (Å²) in [6.45, 7) is 3.14. The SMILES string of the molecule is Cc1ccccc1-c1ccc(OCC2Cn3ccc(=O)nc3O2)cc1. The first-order chi connectivity index (χ1) is 12.2. The van der Waals surface area contributed by atoms with Crippen molar-refractivity contribution in [3.05, 3.63) is 76.7 Å². The Kier molecular flexibility index (Phi) is 3.98. The minimum absolute atomic E-state index is 0.148. The Morgan fingerprint density at radius 2 is 1.96 bits per heavy atom. The molecule has 25 heavy (non-hydrogen) atoms. The Bertz CT molecular complexity index is 948. The van der Waals surface area contributed by atoms with E-state index in [0.29, 0.717) is 19.2 Å². The molecule has 0 spiro atoms. The lowest BCUT2D eigenvalue weighted by molar-refractivity contribution is 0.143. The lowest BCUT2D eigenvalue weighted by atomic mass is 10.0. The minimum atomic E-state index is -0.292. The standard InChI is InChI=1S/C20H18N2O3/c1-14-4-2-3-5-18(14)15-6-8-16(9-7-15)24-13-17-12-22-11-10-19(23)21-20(22)25-17/h2-11,17H,12-13H2,1H3. The molecule has 4 rings (SSSR count). The smallest absolute Gasteiger partial charge is 0.300 e. The van der Waals surface area contributed by atoms with Crippen LogP contribution in [0, 0.1) is 6.92 Å². The lowest BCUT2D eigenvalue weighted by Gasteiger charge is -2.12. The topological polar surface area (TPSA) is 53.4 Å². The third-order valence-corrected chi connectivity index (χ3v) is 4.27. The summed E-state index contributed by atoms with van der Waals surface area (Å²) in [6.07, 6.45) is 1.55. The van der Waals surface area contributed by atoms with Crippen LogP contribution in [-0.2, 0) is 6.54 Å². The van der Waals surface area contributed by atoms with Crippen LogP contribution in [0.1, 0.15) is 5.56 Å². The van der Waals surface area contributed by atoms with Crippen LogP contribution < -0.4 is 15.0 Å². The summed E-state index contributed by atoms with van der Waals surface area (Å²) in [6, 6.07) is 18.1. The van der Waals surface area contributed by atoms with Crippen LogP contribution in [0.15, 0.2) is 65.6 Å². The van der Waals surface area contributed by atoms with E-state index in [1.807, 2.05) is 28.8 Å². The minimum Gasteiger partial charge on any atom is -0.490 e. The zero-order valence-electron chi connectivity index (χ0n) is 13.9. The molecule has 1 unspecified atom stereocenters. The van der Waals surface area contributed by atoms with Crippen molar-refractivity contribution < 1.29 is 9.47 Å². The molecule has 126 valence electrons. The molecule has 0 fully saturated rings. The van der Waals surface area contributed by atoms with E-state index >= 15 is 0 Å². The van der Waals surface area contributed by atoms with Gasteiger partial charge in [-0.2, -0.15) is 4.98 Å². The molecule has 0 radical (unpaired) electrons. The Morgan fingerprint density at radius 1 is 1.16 bits per heavy atom. The van der Waals surface area contributed by atoms with Gasteiger partial charge in [-0.25, -0.2) is 0 Å². The van der Waals surface area contributed by atoms with Gasteiger partial charge in [0.1, 0.15) is 12.4 Å². The summed E-state index contributed by atoms with van der Waals surface area (Å²) in [5.74, 6) is 0.791. The molecule has 2 aromatic carbocycles. The maximum absolute atomic E-state index is 11.3. The normalized spacial score (nSPS) is 15.5. The molecular formula is C20H18N2O3. The molecule has 5 heteroatoms. The fourth-order valence-corrected chi connectivity index (χ4v) is 2.96. The van der Waals surface area contributed by atoms with Crippen molar-refractivity contribution in [3.8, 4) is 22.9 Å². The third-order valence-electron chi connectivity index (χ3n) is 4.27. The van der Waals surface area contributed by atoms with Gasteiger partial charge in [-0.3, -0.25) is 9.36 Å². The van der Waals surface area contributed by atoms with Crippen molar-refractivity contribution in [1.82, 2.24) is 9.55 Å². The molecule has 0 saturated heterocycles. The predicted molar refractivity (Wildman–Crippen MR) is 95.0 cm³/mol. The average Bonchev–Trinajstić information content (AvgIpc) is 3.03. The van der Waals surface area contributed by atoms with Gasteiger partial charge in [0, 0.05) is 12.3 Å². The summed E-state index contributed by atoms with van der Waals surface area (Å²) in [5.41, 5.74) is 3.34. The molecule has 0 aliphatic carbocycles. The van der Waals surface area contributed by atoms with Gasteiger partial charge in [-0.15, -0.1) is 0 Å². The highest BCUT2D eigenvalue weighted by Crippen LogP contribution is 2.25. The fraction of sp³-hybridized carbons (Fsp3) is 0.200. The quantitative estimate of drug-likeness (QED) is 0.736. The molecule has 1 aromatic heterocycles. The van der Waals surface area contributed by atoms with Gasteiger partial charge in [0.15, 0.2) is 6.10 Å². The van der Waals surface area contributed by atoms with Gasteiger partial charge in [0.05, 0.1) is 6.54 Å². The maximum atomic E-state index is 11.3. The summed E-state index contributed by atoms with van der Waals surface area (Å²) in [7, 11) is 0. The number of aromatic nitrogens is 2. The van der Waals surface area contributed by atoms with Gasteiger partial charge in [-0.05, 0) is 35.7 Å². The van der Waals surface area contributed by atoms with E-state index in [4.69, 9.17) is 9.47 Å². The van der Waals surface area contributed by atoms with E-state index in [-0.39, 0.29) is 11.7 Å². The Labute approximate surface area is 145 Å². The van der Waals surface area contributed by atoms with Gasteiger partial charge in [0.25, 0.3) is 11.6 Å². The van der Waals surface area contributed by atoms with Crippen LogP contribution >= 0.6 is 0 Å². The molecule has 0 N–H and O–H groups in total. The predicted octanol–water partition coefficient (Wildman–Crippen LogP) is 3.06. The molecule has 2 heterocycles. The summed E-state index contributed by atoms with van der Waals surface area (Å²) in [4.78, 5) is 15.1. The molecule has 5 nitrogen and oxygen atoms in total. The first-order valence-electron chi connectivity index (χ1n) is 8.22. The van der Waals surface area contributed by atoms with Crippen LogP contribution in [0.3, 0.4) is 0 Å². The lowest BCUT2D eigenvalue weighted by Crippen LogP contribution is -2.23. The largest absolute Gasteiger partial charge is 0.490 e. The Hall–Kier alpha value is -3.08. The number of fused-ring (bicyclic) bond motifs is 1. The first-order valence-corrected chi connectivity index (χ1v) is 8.22. The van der Waals surface area contributed by atoms with Gasteiger partial charge in [0.2, 0.25) is 0 Å². The molecular weight excluding hydrogens is 316 g/mol. The molecule has 0 bridgehead atoms. The van der Waals surface area contributed by atoms with E-state index in [1.54, 1.807) is 6.20 Å². The van der Waals surface area contributed by atoms with Gasteiger partial charge >= 0.3 is 0 Å². The van der Waals surface area contributed by atoms with E-state index in [9.17, 15) is 4.79 Å². The number of nitrogens with zero attached hydrogens (tertiary/aromatic N) is 2. The van der Waals surface area contributed by atoms with Crippen molar-refractivity contribution in [3.63, 3.8) is 0 Å². The Balaban J connectivity index is 1.40. The molecule has 3 aromatic rings. The van der Waals surface area contributed by atoms with Crippen molar-refractivity contribution in [2.24, 2.45) is 0 Å². The van der Waals surface area contributed by atoms with E-state index in [1.165, 1.54) is 17.2 Å². The number of rotatable bonds is 4. The van der Waals surface area contributed by atoms with Gasteiger partial charge < -0.3 is 9.47 Å². The fourth-order valence-electron chi connectivity index (χ4n) is 2.96. The molecule has 1 aliphatic rings. The molecule has 1 atom stereocenters. The highest BCUT2D eigenvalue weighted by molar-refractivity contribution is 5.67. The summed E-state index contributed by atoms with van der Waals surface area (Å²) >= 11 is 0. The van der Waals surface area contributed by atoms with Crippen LogP contribution in [0.25, 0.3) is 11.1 Å². The van der Waals surface area contributed by atoms with Gasteiger partial charge in [-0.1, -0.05) is 36.4 Å². The number of hydrogen-bond donors (Lipinski definition) is 0. The third kappa shape index (κ3) is 3.26. The van der Waals surface area contributed by atoms with Crippen molar-refractivity contribution in [2.45, 2.75) is 19.6 Å². The van der Waals surface area contributed by atoms with Crippen molar-refractivity contribution in [2.75, 3.05) is 6.61 Å². The maximum Gasteiger partial charge on any atom is 0.300 e. The number of hydrogen-bond acceptors (Lipinski definition) is 4. The first kappa shape index (κ1) is 15.4. The zero-order valence-corrected chi connectivity index (χ0v) is 13.9. The highest BCUT2D eigenvalue weighted by atomic mass is 16.6. The molecule has 1 aliphatic heterocycles. The second-order valence-electron chi connectivity index (χ2n) is 6.09. The van der Waals surface area contributed by atoms with Crippen LogP contribution in [0.5, 0.6) is 11.8 Å². The number of aryl methyl sites for hydroxylation is 1. The van der Waals surface area contributed by atoms with E-state index in [2.05, 4.69) is 36.2 Å².